The minimum absolute atomic E-state index is 0.165. The molecular weight excluding hydrogens is 388 g/mol. The largest absolute Gasteiger partial charge is 0.485 e. The number of nitrogens with two attached hydrogens (primary N) is 1. The summed E-state index contributed by atoms with van der Waals surface area (Å²) < 4.78 is 5.97. The van der Waals surface area contributed by atoms with Crippen molar-refractivity contribution in [3.05, 3.63) is 85.0 Å². The predicted molar refractivity (Wildman–Crippen MR) is 130 cm³/mol. The molecule has 2 aromatic rings. The van der Waals surface area contributed by atoms with E-state index in [1.807, 2.05) is 56.3 Å². The van der Waals surface area contributed by atoms with Gasteiger partial charge in [0.25, 0.3) is 0 Å². The van der Waals surface area contributed by atoms with Crippen molar-refractivity contribution in [1.29, 1.82) is 5.26 Å². The Morgan fingerprint density at radius 2 is 2.00 bits per heavy atom. The molecule has 0 fully saturated rings. The van der Waals surface area contributed by atoms with Gasteiger partial charge in [-0.2, -0.15) is 5.26 Å². The fraction of sp³-hybridized carbons (Fsp3) is 0.269. The van der Waals surface area contributed by atoms with Crippen molar-refractivity contribution in [1.82, 2.24) is 0 Å². The maximum absolute atomic E-state index is 9.55. The highest BCUT2D eigenvalue weighted by molar-refractivity contribution is 8.04. The van der Waals surface area contributed by atoms with E-state index < -0.39 is 0 Å². The third-order valence-electron chi connectivity index (χ3n) is 5.20. The molecule has 0 spiro atoms. The lowest BCUT2D eigenvalue weighted by atomic mass is 9.83. The van der Waals surface area contributed by atoms with Crippen LogP contribution in [-0.2, 0) is 4.75 Å². The Balaban J connectivity index is 0.00000155. The maximum Gasteiger partial charge on any atom is 0.134 e. The first-order valence-electron chi connectivity index (χ1n) is 10.3. The molecule has 2 atom stereocenters. The van der Waals surface area contributed by atoms with Crippen LogP contribution in [0.3, 0.4) is 0 Å². The zero-order valence-corrected chi connectivity index (χ0v) is 18.8. The van der Waals surface area contributed by atoms with Gasteiger partial charge in [-0.15, -0.1) is 0 Å². The average Bonchev–Trinajstić information content (AvgIpc) is 2.78. The van der Waals surface area contributed by atoms with E-state index in [1.54, 1.807) is 12.2 Å². The third-order valence-corrected chi connectivity index (χ3v) is 6.36. The first kappa shape index (κ1) is 23.4. The lowest BCUT2D eigenvalue weighted by Crippen LogP contribution is -2.36. The fourth-order valence-electron chi connectivity index (χ4n) is 3.71. The summed E-state index contributed by atoms with van der Waals surface area (Å²) >= 11 is 1.31. The Kier molecular flexibility index (Phi) is 8.38. The van der Waals surface area contributed by atoms with Gasteiger partial charge in [-0.3, -0.25) is 0 Å². The van der Waals surface area contributed by atoms with Crippen LogP contribution in [0.2, 0.25) is 0 Å². The van der Waals surface area contributed by atoms with Gasteiger partial charge in [-0.05, 0) is 59.1 Å². The number of thiocyanates is 1. The highest BCUT2D eigenvalue weighted by atomic mass is 32.2. The molecule has 2 unspecified atom stereocenters. The summed E-state index contributed by atoms with van der Waals surface area (Å²) in [7, 11) is 0. The quantitative estimate of drug-likeness (QED) is 0.305. The number of ether oxygens (including phenoxy) is 1. The number of nitrogen functional groups attached to an aromatic ring is 1. The molecule has 2 aromatic carbocycles. The van der Waals surface area contributed by atoms with Crippen LogP contribution in [-0.4, -0.2) is 6.10 Å². The lowest BCUT2D eigenvalue weighted by molar-refractivity contribution is 0.182. The smallest absolute Gasteiger partial charge is 0.134 e. The van der Waals surface area contributed by atoms with Crippen LogP contribution in [0, 0.1) is 10.7 Å². The van der Waals surface area contributed by atoms with Crippen molar-refractivity contribution in [2.24, 2.45) is 0 Å². The Morgan fingerprint density at radius 3 is 2.60 bits per heavy atom. The van der Waals surface area contributed by atoms with Crippen LogP contribution >= 0.6 is 11.8 Å². The van der Waals surface area contributed by atoms with Crippen molar-refractivity contribution >= 4 is 17.4 Å². The number of hydrogen-bond donors (Lipinski definition) is 1. The highest BCUT2D eigenvalue weighted by Gasteiger charge is 2.42. The molecule has 0 aromatic heterocycles. The average molecular weight is 419 g/mol. The molecular formula is C26H30N2OS. The zero-order valence-electron chi connectivity index (χ0n) is 18.0. The summed E-state index contributed by atoms with van der Waals surface area (Å²) in [5.74, 6) is 0.810. The standard InChI is InChI=1S/C24H24N2OS.C2H6/c1-4-8-17(5-2)23-15-24(6-3,28-16-25)21-14-19(11-12-22(21)27-23)18-9-7-10-20(26)13-18;1-2/h4-5,7-14,23H,1-2,6,15,26H2,3H3;1-2H3/b17-8+;. The molecule has 0 amide bonds. The molecule has 1 aliphatic heterocycles. The number of anilines is 1. The summed E-state index contributed by atoms with van der Waals surface area (Å²) in [5.41, 5.74) is 10.8. The molecule has 1 heterocycles. The monoisotopic (exact) mass is 418 g/mol. The summed E-state index contributed by atoms with van der Waals surface area (Å²) in [5, 5.41) is 11.9. The molecule has 1 aliphatic rings. The number of nitriles is 1. The molecule has 0 saturated carbocycles. The second-order valence-corrected chi connectivity index (χ2v) is 7.96. The number of hydrogen-bond acceptors (Lipinski definition) is 4. The molecule has 0 radical (unpaired) electrons. The predicted octanol–water partition coefficient (Wildman–Crippen LogP) is 7.23. The summed E-state index contributed by atoms with van der Waals surface area (Å²) in [6, 6.07) is 14.0. The molecule has 3 nitrogen and oxygen atoms in total. The summed E-state index contributed by atoms with van der Waals surface area (Å²) in [6.45, 7) is 13.8. The van der Waals surface area contributed by atoms with E-state index in [4.69, 9.17) is 10.5 Å². The number of fused-ring (bicyclic) bond motifs is 1. The van der Waals surface area contributed by atoms with Gasteiger partial charge in [0.1, 0.15) is 17.3 Å². The van der Waals surface area contributed by atoms with Crippen LogP contribution in [0.1, 0.15) is 39.2 Å². The number of rotatable bonds is 6. The topological polar surface area (TPSA) is 59.0 Å². The van der Waals surface area contributed by atoms with E-state index in [2.05, 4.69) is 31.5 Å². The van der Waals surface area contributed by atoms with Crippen molar-refractivity contribution in [2.75, 3.05) is 5.73 Å². The highest BCUT2D eigenvalue weighted by Crippen LogP contribution is 2.52. The van der Waals surface area contributed by atoms with Gasteiger partial charge in [0.15, 0.2) is 0 Å². The second kappa shape index (κ2) is 10.8. The van der Waals surface area contributed by atoms with E-state index in [-0.39, 0.29) is 10.9 Å². The molecule has 3 rings (SSSR count). The van der Waals surface area contributed by atoms with Crippen LogP contribution in [0.15, 0.2) is 79.4 Å². The molecule has 0 saturated heterocycles. The number of benzene rings is 2. The van der Waals surface area contributed by atoms with E-state index in [0.29, 0.717) is 6.42 Å². The zero-order chi connectivity index (χ0) is 22.1. The van der Waals surface area contributed by atoms with Gasteiger partial charge >= 0.3 is 0 Å². The molecule has 2 N–H and O–H groups in total. The van der Waals surface area contributed by atoms with Crippen molar-refractivity contribution in [3.8, 4) is 22.3 Å². The van der Waals surface area contributed by atoms with Crippen molar-refractivity contribution < 1.29 is 4.74 Å². The van der Waals surface area contributed by atoms with Crippen LogP contribution in [0.25, 0.3) is 11.1 Å². The number of allylic oxidation sites excluding steroid dienone is 2. The summed E-state index contributed by atoms with van der Waals surface area (Å²) in [4.78, 5) is 0. The SMILES string of the molecule is C=C/C=C(\C=C)C1CC(CC)(SC#N)c2cc(-c3cccc(N)c3)ccc2O1.CC. The maximum atomic E-state index is 9.55. The fourth-order valence-corrected chi connectivity index (χ4v) is 4.53. The Hall–Kier alpha value is -2.90. The summed E-state index contributed by atoms with van der Waals surface area (Å²) in [6.07, 6.45) is 6.81. The Morgan fingerprint density at radius 1 is 1.27 bits per heavy atom. The second-order valence-electron chi connectivity index (χ2n) is 6.79. The van der Waals surface area contributed by atoms with Gasteiger partial charge in [0.2, 0.25) is 0 Å². The van der Waals surface area contributed by atoms with Crippen LogP contribution < -0.4 is 10.5 Å². The van der Waals surface area contributed by atoms with E-state index in [1.165, 1.54) is 11.8 Å². The van der Waals surface area contributed by atoms with Crippen LogP contribution in [0.5, 0.6) is 5.75 Å². The van der Waals surface area contributed by atoms with E-state index >= 15 is 0 Å². The van der Waals surface area contributed by atoms with Crippen molar-refractivity contribution in [2.45, 2.75) is 44.5 Å². The lowest BCUT2D eigenvalue weighted by Gasteiger charge is -2.40. The van der Waals surface area contributed by atoms with Crippen molar-refractivity contribution in [3.63, 3.8) is 0 Å². The minimum atomic E-state index is -0.355. The number of nitrogens with zero attached hydrogens (tertiary/aromatic N) is 1. The third kappa shape index (κ3) is 4.80. The Labute approximate surface area is 184 Å². The molecule has 0 bridgehead atoms. The minimum Gasteiger partial charge on any atom is -0.485 e. The van der Waals surface area contributed by atoms with Gasteiger partial charge in [0.05, 0.1) is 4.75 Å². The Bertz CT molecular complexity index is 973. The van der Waals surface area contributed by atoms with E-state index in [9.17, 15) is 5.26 Å². The van der Waals surface area contributed by atoms with E-state index in [0.717, 1.165) is 40.1 Å². The molecule has 0 aliphatic carbocycles. The first-order chi connectivity index (χ1) is 14.6. The van der Waals surface area contributed by atoms with Gasteiger partial charge in [-0.25, -0.2) is 0 Å². The van der Waals surface area contributed by atoms with Gasteiger partial charge in [0, 0.05) is 17.7 Å². The van der Waals surface area contributed by atoms with Gasteiger partial charge in [-0.1, -0.05) is 70.4 Å². The van der Waals surface area contributed by atoms with Crippen LogP contribution in [0.4, 0.5) is 5.69 Å². The molecule has 4 heteroatoms. The first-order valence-corrected chi connectivity index (χ1v) is 11.1. The molecule has 156 valence electrons. The van der Waals surface area contributed by atoms with Gasteiger partial charge < -0.3 is 10.5 Å². The molecule has 30 heavy (non-hydrogen) atoms. The number of thioether (sulfide) groups is 1. The normalized spacial score (nSPS) is 19.9.